The third-order valence-corrected chi connectivity index (χ3v) is 3.79. The van der Waals surface area contributed by atoms with Crippen LogP contribution in [0.15, 0.2) is 35.0 Å². The molecule has 22 heavy (non-hydrogen) atoms. The highest BCUT2D eigenvalue weighted by Crippen LogP contribution is 2.23. The van der Waals surface area contributed by atoms with Gasteiger partial charge >= 0.3 is 0 Å². The van der Waals surface area contributed by atoms with E-state index >= 15 is 0 Å². The van der Waals surface area contributed by atoms with Crippen molar-refractivity contribution in [3.8, 4) is 0 Å². The molecule has 2 aromatic rings. The minimum Gasteiger partial charge on any atom is -0.351 e. The number of aromatic nitrogens is 1. The first-order valence-corrected chi connectivity index (χ1v) is 7.29. The predicted octanol–water partition coefficient (Wildman–Crippen LogP) is 2.22. The first kappa shape index (κ1) is 14.3. The molecule has 0 radical (unpaired) electrons. The van der Waals surface area contributed by atoms with Crippen molar-refractivity contribution >= 4 is 17.5 Å². The molecule has 1 aromatic carbocycles. The summed E-state index contributed by atoms with van der Waals surface area (Å²) in [4.78, 5) is 25.6. The van der Waals surface area contributed by atoms with Crippen molar-refractivity contribution < 1.29 is 14.1 Å². The summed E-state index contributed by atoms with van der Waals surface area (Å²) in [5.41, 5.74) is 2.98. The summed E-state index contributed by atoms with van der Waals surface area (Å²) in [7, 11) is 0. The van der Waals surface area contributed by atoms with Gasteiger partial charge < -0.3 is 14.7 Å². The maximum Gasteiger partial charge on any atom is 0.294 e. The number of nitrogens with zero attached hydrogens (tertiary/aromatic N) is 2. The number of amides is 2. The van der Waals surface area contributed by atoms with E-state index in [9.17, 15) is 9.59 Å². The van der Waals surface area contributed by atoms with Crippen LogP contribution in [0.2, 0.25) is 0 Å². The monoisotopic (exact) mass is 299 g/mol. The van der Waals surface area contributed by atoms with Crippen molar-refractivity contribution in [1.82, 2.24) is 10.1 Å². The van der Waals surface area contributed by atoms with Crippen molar-refractivity contribution in [2.75, 3.05) is 11.9 Å². The Hall–Kier alpha value is -2.63. The van der Waals surface area contributed by atoms with Crippen molar-refractivity contribution in [3.05, 3.63) is 47.3 Å². The highest BCUT2D eigenvalue weighted by Gasteiger charge is 2.20. The Balaban J connectivity index is 1.76. The zero-order valence-electron chi connectivity index (χ0n) is 12.3. The lowest BCUT2D eigenvalue weighted by atomic mass is 9.99. The maximum atomic E-state index is 12.0. The lowest BCUT2D eigenvalue weighted by Crippen LogP contribution is -2.35. The molecule has 0 atom stereocenters. The van der Waals surface area contributed by atoms with Crippen molar-refractivity contribution in [2.45, 2.75) is 26.3 Å². The van der Waals surface area contributed by atoms with Gasteiger partial charge in [0, 0.05) is 31.3 Å². The fourth-order valence-electron chi connectivity index (χ4n) is 2.60. The zero-order valence-corrected chi connectivity index (χ0v) is 12.3. The lowest BCUT2D eigenvalue weighted by molar-refractivity contribution is -0.131. The molecule has 0 unspecified atom stereocenters. The number of anilines is 1. The highest BCUT2D eigenvalue weighted by molar-refractivity contribution is 6.02. The Morgan fingerprint density at radius 3 is 2.91 bits per heavy atom. The average molecular weight is 299 g/mol. The molecule has 0 spiro atoms. The zero-order chi connectivity index (χ0) is 15.5. The topological polar surface area (TPSA) is 75.4 Å². The number of fused-ring (bicyclic) bond motifs is 1. The van der Waals surface area contributed by atoms with E-state index in [2.05, 4.69) is 10.5 Å². The minimum atomic E-state index is -0.338. The van der Waals surface area contributed by atoms with E-state index < -0.39 is 0 Å². The molecule has 3 rings (SSSR count). The predicted molar refractivity (Wildman–Crippen MR) is 80.3 cm³/mol. The molecule has 2 heterocycles. The summed E-state index contributed by atoms with van der Waals surface area (Å²) in [5.74, 6) is -0.0167. The Bertz CT molecular complexity index is 695. The molecule has 0 saturated heterocycles. The Labute approximate surface area is 128 Å². The van der Waals surface area contributed by atoms with E-state index in [0.29, 0.717) is 18.7 Å². The van der Waals surface area contributed by atoms with E-state index in [1.807, 2.05) is 30.0 Å². The Kier molecular flexibility index (Phi) is 3.91. The molecule has 0 saturated carbocycles. The first-order chi connectivity index (χ1) is 10.7. The van der Waals surface area contributed by atoms with E-state index in [0.717, 1.165) is 18.5 Å². The van der Waals surface area contributed by atoms with E-state index in [4.69, 9.17) is 4.52 Å². The second-order valence-electron chi connectivity index (χ2n) is 5.23. The summed E-state index contributed by atoms with van der Waals surface area (Å²) in [6, 6.07) is 7.29. The third-order valence-electron chi connectivity index (χ3n) is 3.79. The van der Waals surface area contributed by atoms with Gasteiger partial charge in [0.05, 0.1) is 6.20 Å². The van der Waals surface area contributed by atoms with Gasteiger partial charge in [-0.2, -0.15) is 0 Å². The molecular weight excluding hydrogens is 282 g/mol. The second-order valence-corrected chi connectivity index (χ2v) is 5.23. The number of carbonyl (C=O) groups is 2. The molecular formula is C16H17N3O3. The van der Waals surface area contributed by atoms with Gasteiger partial charge in [-0.05, 0) is 29.7 Å². The van der Waals surface area contributed by atoms with Gasteiger partial charge in [-0.3, -0.25) is 9.59 Å². The number of benzene rings is 1. The van der Waals surface area contributed by atoms with Crippen molar-refractivity contribution in [1.29, 1.82) is 0 Å². The second kappa shape index (κ2) is 6.01. The van der Waals surface area contributed by atoms with Gasteiger partial charge in [-0.1, -0.05) is 18.1 Å². The summed E-state index contributed by atoms with van der Waals surface area (Å²) in [6.07, 6.45) is 2.78. The minimum absolute atomic E-state index is 0.154. The van der Waals surface area contributed by atoms with Gasteiger partial charge in [-0.15, -0.1) is 0 Å². The van der Waals surface area contributed by atoms with Crippen LogP contribution in [0.1, 0.15) is 35.0 Å². The molecule has 1 aliphatic heterocycles. The number of hydrogen-bond acceptors (Lipinski definition) is 4. The van der Waals surface area contributed by atoms with Crippen LogP contribution >= 0.6 is 0 Å². The number of carbonyl (C=O) groups excluding carboxylic acids is 2. The van der Waals surface area contributed by atoms with Crippen molar-refractivity contribution in [2.24, 2.45) is 0 Å². The normalized spacial score (nSPS) is 13.6. The summed E-state index contributed by atoms with van der Waals surface area (Å²) in [6.45, 7) is 3.21. The molecule has 6 heteroatoms. The third kappa shape index (κ3) is 2.86. The van der Waals surface area contributed by atoms with Gasteiger partial charge in [0.15, 0.2) is 0 Å². The smallest absolute Gasteiger partial charge is 0.294 e. The highest BCUT2D eigenvalue weighted by atomic mass is 16.5. The van der Waals surface area contributed by atoms with Crippen LogP contribution in [0.25, 0.3) is 0 Å². The molecule has 2 amide bonds. The molecule has 0 fully saturated rings. The van der Waals surface area contributed by atoms with Crippen molar-refractivity contribution in [3.63, 3.8) is 0 Å². The van der Waals surface area contributed by atoms with Crippen LogP contribution in [-0.2, 0) is 17.8 Å². The first-order valence-electron chi connectivity index (χ1n) is 7.29. The van der Waals surface area contributed by atoms with Gasteiger partial charge in [0.2, 0.25) is 11.7 Å². The fourth-order valence-corrected chi connectivity index (χ4v) is 2.60. The summed E-state index contributed by atoms with van der Waals surface area (Å²) < 4.78 is 4.83. The maximum absolute atomic E-state index is 12.0. The number of rotatable bonds is 3. The van der Waals surface area contributed by atoms with E-state index in [1.165, 1.54) is 17.8 Å². The van der Waals surface area contributed by atoms with Gasteiger partial charge in [0.25, 0.3) is 5.91 Å². The molecule has 0 bridgehead atoms. The van der Waals surface area contributed by atoms with Gasteiger partial charge in [0.1, 0.15) is 0 Å². The fraction of sp³-hybridized carbons (Fsp3) is 0.312. The molecule has 114 valence electrons. The van der Waals surface area contributed by atoms with Crippen LogP contribution in [0.4, 0.5) is 5.69 Å². The number of hydrogen-bond donors (Lipinski definition) is 1. The molecule has 1 aliphatic rings. The molecule has 0 aliphatic carbocycles. The van der Waals surface area contributed by atoms with Crippen LogP contribution in [0.3, 0.4) is 0 Å². The largest absolute Gasteiger partial charge is 0.351 e. The Morgan fingerprint density at radius 1 is 1.32 bits per heavy atom. The van der Waals surface area contributed by atoms with Crippen LogP contribution in [0.5, 0.6) is 0 Å². The van der Waals surface area contributed by atoms with E-state index in [1.54, 1.807) is 0 Å². The van der Waals surface area contributed by atoms with Gasteiger partial charge in [-0.25, -0.2) is 0 Å². The Morgan fingerprint density at radius 2 is 2.18 bits per heavy atom. The van der Waals surface area contributed by atoms with E-state index in [-0.39, 0.29) is 17.6 Å². The summed E-state index contributed by atoms with van der Waals surface area (Å²) >= 11 is 0. The van der Waals surface area contributed by atoms with Crippen LogP contribution in [0, 0.1) is 0 Å². The quantitative estimate of drug-likeness (QED) is 0.943. The van der Waals surface area contributed by atoms with Crippen LogP contribution in [-0.4, -0.2) is 28.4 Å². The lowest BCUT2D eigenvalue weighted by Gasteiger charge is -2.29. The molecule has 6 nitrogen and oxygen atoms in total. The molecule has 1 aromatic heterocycles. The SMILES string of the molecule is CCC(=O)N1CCc2ccc(NC(=O)c3ccno3)cc2C1. The average Bonchev–Trinajstić information content (AvgIpc) is 3.08. The summed E-state index contributed by atoms with van der Waals surface area (Å²) in [5, 5.41) is 6.29. The molecule has 1 N–H and O–H groups in total. The standard InChI is InChI=1S/C16H17N3O3/c1-2-15(20)19-8-6-11-3-4-13(9-12(11)10-19)18-16(21)14-5-7-17-22-14/h3-5,7,9H,2,6,8,10H2,1H3,(H,18,21). The van der Waals surface area contributed by atoms with Crippen LogP contribution < -0.4 is 5.32 Å². The number of nitrogens with one attached hydrogen (secondary N) is 1.